The number of halogens is 1. The zero-order valence-corrected chi connectivity index (χ0v) is 11.9. The van der Waals surface area contributed by atoms with Crippen molar-refractivity contribution in [1.82, 2.24) is 10.2 Å². The van der Waals surface area contributed by atoms with Crippen molar-refractivity contribution in [3.63, 3.8) is 0 Å². The van der Waals surface area contributed by atoms with Gasteiger partial charge in [0.2, 0.25) is 0 Å². The molecule has 1 atom stereocenters. The van der Waals surface area contributed by atoms with Crippen molar-refractivity contribution in [2.75, 3.05) is 13.1 Å². The number of amides is 2. The molecule has 0 spiro atoms. The number of carbonyl (C=O) groups excluding carboxylic acids is 2. The number of nitrogens with one attached hydrogen (secondary N) is 1. The molecule has 1 aromatic rings. The van der Waals surface area contributed by atoms with Crippen molar-refractivity contribution < 1.29 is 14.3 Å². The lowest BCUT2D eigenvalue weighted by Crippen LogP contribution is -2.34. The highest BCUT2D eigenvalue weighted by molar-refractivity contribution is 7.17. The first-order chi connectivity index (χ1) is 8.97. The lowest BCUT2D eigenvalue weighted by atomic mass is 10.3. The number of cyclic esters (lactones) is 1. The first kappa shape index (κ1) is 13.9. The van der Waals surface area contributed by atoms with E-state index in [1.165, 1.54) is 16.2 Å². The second kappa shape index (κ2) is 5.63. The van der Waals surface area contributed by atoms with Gasteiger partial charge >= 0.3 is 6.09 Å². The molecular formula is C12H13ClN2O3S. The largest absolute Gasteiger partial charge is 0.442 e. The van der Waals surface area contributed by atoms with Gasteiger partial charge in [0.05, 0.1) is 22.3 Å². The lowest BCUT2D eigenvalue weighted by molar-refractivity contribution is 0.0919. The van der Waals surface area contributed by atoms with Crippen LogP contribution in [0.2, 0.25) is 4.34 Å². The fraction of sp³-hybridized carbons (Fsp3) is 0.333. The van der Waals surface area contributed by atoms with Crippen molar-refractivity contribution in [2.24, 2.45) is 0 Å². The van der Waals surface area contributed by atoms with E-state index in [2.05, 4.69) is 11.9 Å². The molecule has 0 aliphatic carbocycles. The molecule has 0 aromatic carbocycles. The maximum Gasteiger partial charge on any atom is 0.414 e. The van der Waals surface area contributed by atoms with Gasteiger partial charge in [0.25, 0.3) is 5.91 Å². The van der Waals surface area contributed by atoms with Crippen LogP contribution in [0.3, 0.4) is 0 Å². The molecule has 5 nitrogen and oxygen atoms in total. The number of rotatable bonds is 4. The zero-order chi connectivity index (χ0) is 14.0. The summed E-state index contributed by atoms with van der Waals surface area (Å²) >= 11 is 6.96. The van der Waals surface area contributed by atoms with Crippen LogP contribution in [0.4, 0.5) is 4.79 Å². The van der Waals surface area contributed by atoms with Gasteiger partial charge in [-0.3, -0.25) is 9.69 Å². The average molecular weight is 301 g/mol. The van der Waals surface area contributed by atoms with Crippen LogP contribution in [0, 0.1) is 0 Å². The fourth-order valence-corrected chi connectivity index (χ4v) is 2.63. The van der Waals surface area contributed by atoms with E-state index in [1.807, 2.05) is 0 Å². The quantitative estimate of drug-likeness (QED) is 0.929. The van der Waals surface area contributed by atoms with Gasteiger partial charge < -0.3 is 10.1 Å². The molecule has 2 amide bonds. The molecule has 102 valence electrons. The van der Waals surface area contributed by atoms with E-state index in [9.17, 15) is 9.59 Å². The Morgan fingerprint density at radius 3 is 2.95 bits per heavy atom. The van der Waals surface area contributed by atoms with Gasteiger partial charge in [0.1, 0.15) is 6.10 Å². The van der Waals surface area contributed by atoms with Crippen molar-refractivity contribution >= 4 is 34.9 Å². The van der Waals surface area contributed by atoms with E-state index < -0.39 is 6.09 Å². The Bertz CT molecular complexity index is 529. The standard InChI is InChI=1S/C12H13ClN2O3S/c1-7(2)15-6-8(18-12(15)17)5-14-11(16)9-3-4-10(13)19-9/h3-4,8H,1,5-6H2,2H3,(H,14,16). The monoisotopic (exact) mass is 300 g/mol. The minimum Gasteiger partial charge on any atom is -0.442 e. The molecule has 0 radical (unpaired) electrons. The molecule has 0 bridgehead atoms. The molecule has 1 saturated heterocycles. The normalized spacial score (nSPS) is 18.3. The number of ether oxygens (including phenoxy) is 1. The minimum atomic E-state index is -0.425. The highest BCUT2D eigenvalue weighted by atomic mass is 35.5. The van der Waals surface area contributed by atoms with Gasteiger partial charge in [-0.1, -0.05) is 18.2 Å². The fourth-order valence-electron chi connectivity index (χ4n) is 1.67. The van der Waals surface area contributed by atoms with Crippen LogP contribution >= 0.6 is 22.9 Å². The molecule has 19 heavy (non-hydrogen) atoms. The number of carbonyl (C=O) groups is 2. The number of hydrogen-bond donors (Lipinski definition) is 1. The Kier molecular flexibility index (Phi) is 4.11. The van der Waals surface area contributed by atoms with Gasteiger partial charge in [0, 0.05) is 5.70 Å². The second-order valence-corrected chi connectivity index (χ2v) is 5.88. The maximum absolute atomic E-state index is 11.8. The number of allylic oxidation sites excluding steroid dienone is 1. The number of nitrogens with zero attached hydrogens (tertiary/aromatic N) is 1. The predicted octanol–water partition coefficient (Wildman–Crippen LogP) is 2.49. The number of hydrogen-bond acceptors (Lipinski definition) is 4. The molecule has 1 N–H and O–H groups in total. The summed E-state index contributed by atoms with van der Waals surface area (Å²) < 4.78 is 5.68. The van der Waals surface area contributed by atoms with Crippen LogP contribution in [0.1, 0.15) is 16.6 Å². The van der Waals surface area contributed by atoms with Gasteiger partial charge in [-0.15, -0.1) is 11.3 Å². The SMILES string of the molecule is C=C(C)N1CC(CNC(=O)c2ccc(Cl)s2)OC1=O. The van der Waals surface area contributed by atoms with E-state index in [1.54, 1.807) is 19.1 Å². The van der Waals surface area contributed by atoms with Crippen LogP contribution in [0.5, 0.6) is 0 Å². The zero-order valence-electron chi connectivity index (χ0n) is 10.3. The van der Waals surface area contributed by atoms with E-state index in [-0.39, 0.29) is 18.6 Å². The van der Waals surface area contributed by atoms with Gasteiger partial charge in [-0.25, -0.2) is 4.79 Å². The topological polar surface area (TPSA) is 58.6 Å². The summed E-state index contributed by atoms with van der Waals surface area (Å²) in [6.07, 6.45) is -0.783. The molecule has 1 aliphatic heterocycles. The maximum atomic E-state index is 11.8. The Balaban J connectivity index is 1.85. The van der Waals surface area contributed by atoms with E-state index >= 15 is 0 Å². The van der Waals surface area contributed by atoms with Gasteiger partial charge in [-0.2, -0.15) is 0 Å². The summed E-state index contributed by atoms with van der Waals surface area (Å²) in [5, 5.41) is 2.71. The molecule has 2 heterocycles. The van der Waals surface area contributed by atoms with Crippen LogP contribution in [-0.4, -0.2) is 36.1 Å². The van der Waals surface area contributed by atoms with Crippen LogP contribution in [0.25, 0.3) is 0 Å². The predicted molar refractivity (Wildman–Crippen MR) is 73.5 cm³/mol. The molecule has 1 fully saturated rings. The average Bonchev–Trinajstić information content (AvgIpc) is 2.92. The van der Waals surface area contributed by atoms with E-state index in [0.29, 0.717) is 21.5 Å². The first-order valence-electron chi connectivity index (χ1n) is 5.64. The molecule has 0 saturated carbocycles. The smallest absolute Gasteiger partial charge is 0.414 e. The molecule has 2 rings (SSSR count). The Hall–Kier alpha value is -1.53. The Labute approximate surface area is 119 Å². The van der Waals surface area contributed by atoms with Gasteiger partial charge in [-0.05, 0) is 19.1 Å². The molecule has 7 heteroatoms. The second-order valence-electron chi connectivity index (χ2n) is 4.17. The first-order valence-corrected chi connectivity index (χ1v) is 6.84. The Morgan fingerprint density at radius 2 is 2.42 bits per heavy atom. The third-order valence-electron chi connectivity index (χ3n) is 2.62. The van der Waals surface area contributed by atoms with Crippen molar-refractivity contribution in [2.45, 2.75) is 13.0 Å². The third kappa shape index (κ3) is 3.27. The Morgan fingerprint density at radius 1 is 1.68 bits per heavy atom. The lowest BCUT2D eigenvalue weighted by Gasteiger charge is -2.11. The van der Waals surface area contributed by atoms with Gasteiger partial charge in [0.15, 0.2) is 0 Å². The highest BCUT2D eigenvalue weighted by Crippen LogP contribution is 2.21. The summed E-state index contributed by atoms with van der Waals surface area (Å²) in [4.78, 5) is 25.2. The summed E-state index contributed by atoms with van der Waals surface area (Å²) in [6, 6.07) is 3.32. The molecule has 1 unspecified atom stereocenters. The summed E-state index contributed by atoms with van der Waals surface area (Å²) in [5.74, 6) is -0.221. The van der Waals surface area contributed by atoms with Crippen molar-refractivity contribution in [3.05, 3.63) is 33.6 Å². The summed E-state index contributed by atoms with van der Waals surface area (Å²) in [6.45, 7) is 6.09. The van der Waals surface area contributed by atoms with Crippen molar-refractivity contribution in [3.8, 4) is 0 Å². The summed E-state index contributed by atoms with van der Waals surface area (Å²) in [7, 11) is 0. The van der Waals surface area contributed by atoms with Crippen LogP contribution in [-0.2, 0) is 4.74 Å². The third-order valence-corrected chi connectivity index (χ3v) is 3.85. The van der Waals surface area contributed by atoms with E-state index in [0.717, 1.165) is 0 Å². The summed E-state index contributed by atoms with van der Waals surface area (Å²) in [5.41, 5.74) is 0.629. The molecule has 1 aromatic heterocycles. The highest BCUT2D eigenvalue weighted by Gasteiger charge is 2.31. The van der Waals surface area contributed by atoms with Crippen LogP contribution < -0.4 is 5.32 Å². The molecular weight excluding hydrogens is 288 g/mol. The number of thiophene rings is 1. The van der Waals surface area contributed by atoms with Crippen molar-refractivity contribution in [1.29, 1.82) is 0 Å². The minimum absolute atomic E-state index is 0.221. The van der Waals surface area contributed by atoms with Crippen LogP contribution in [0.15, 0.2) is 24.4 Å². The van der Waals surface area contributed by atoms with E-state index in [4.69, 9.17) is 16.3 Å². The molecule has 1 aliphatic rings.